The van der Waals surface area contributed by atoms with Crippen molar-refractivity contribution in [3.05, 3.63) is 68.7 Å². The first-order chi connectivity index (χ1) is 11.1. The highest BCUT2D eigenvalue weighted by molar-refractivity contribution is 9.10. The zero-order chi connectivity index (χ0) is 16.4. The van der Waals surface area contributed by atoms with Crippen LogP contribution in [0.4, 0.5) is 0 Å². The van der Waals surface area contributed by atoms with Gasteiger partial charge in [0.2, 0.25) is 0 Å². The average Bonchev–Trinajstić information content (AvgIpc) is 2.56. The Kier molecular flexibility index (Phi) is 4.25. The number of rotatable bonds is 3. The van der Waals surface area contributed by atoms with Crippen molar-refractivity contribution in [3.63, 3.8) is 0 Å². The Labute approximate surface area is 141 Å². The van der Waals surface area contributed by atoms with Gasteiger partial charge < -0.3 is 4.74 Å². The van der Waals surface area contributed by atoms with Crippen LogP contribution in [0.1, 0.15) is 11.4 Å². The molecule has 0 spiro atoms. The van der Waals surface area contributed by atoms with Gasteiger partial charge in [-0.3, -0.25) is 4.79 Å². The van der Waals surface area contributed by atoms with Crippen molar-refractivity contribution in [2.24, 2.45) is 5.10 Å². The summed E-state index contributed by atoms with van der Waals surface area (Å²) < 4.78 is 7.25. The van der Waals surface area contributed by atoms with Crippen LogP contribution < -0.4 is 10.3 Å². The number of nitrogens with zero attached hydrogens (tertiary/aromatic N) is 3. The maximum absolute atomic E-state index is 12.6. The molecule has 0 aliphatic carbocycles. The summed E-state index contributed by atoms with van der Waals surface area (Å²) in [7, 11) is 1.62. The van der Waals surface area contributed by atoms with E-state index in [2.05, 4.69) is 26.0 Å². The lowest BCUT2D eigenvalue weighted by molar-refractivity contribution is 0.415. The van der Waals surface area contributed by atoms with E-state index in [0.717, 1.165) is 15.8 Å². The van der Waals surface area contributed by atoms with E-state index in [1.165, 1.54) is 4.68 Å². The molecular weight excluding hydrogens is 358 g/mol. The van der Waals surface area contributed by atoms with Gasteiger partial charge in [-0.25, -0.2) is 4.98 Å². The highest BCUT2D eigenvalue weighted by Gasteiger charge is 2.07. The Balaban J connectivity index is 2.05. The highest BCUT2D eigenvalue weighted by Crippen LogP contribution is 2.16. The molecule has 0 unspecified atom stereocenters. The lowest BCUT2D eigenvalue weighted by atomic mass is 10.2. The predicted octanol–water partition coefficient (Wildman–Crippen LogP) is 3.36. The van der Waals surface area contributed by atoms with Gasteiger partial charge in [-0.05, 0) is 55.0 Å². The third-order valence-electron chi connectivity index (χ3n) is 3.41. The van der Waals surface area contributed by atoms with Gasteiger partial charge >= 0.3 is 0 Å². The quantitative estimate of drug-likeness (QED) is 0.663. The third-order valence-corrected chi connectivity index (χ3v) is 3.90. The summed E-state index contributed by atoms with van der Waals surface area (Å²) >= 11 is 3.37. The summed E-state index contributed by atoms with van der Waals surface area (Å²) in [6.45, 7) is 1.76. The van der Waals surface area contributed by atoms with Crippen LogP contribution in [0.2, 0.25) is 0 Å². The number of methoxy groups -OCH3 is 1. The van der Waals surface area contributed by atoms with Crippen LogP contribution in [0.3, 0.4) is 0 Å². The number of halogens is 1. The van der Waals surface area contributed by atoms with E-state index in [4.69, 9.17) is 4.74 Å². The molecule has 3 rings (SSSR count). The number of aryl methyl sites for hydroxylation is 1. The molecule has 1 aromatic heterocycles. The number of hydrogen-bond donors (Lipinski definition) is 0. The molecule has 5 nitrogen and oxygen atoms in total. The minimum atomic E-state index is -0.196. The Hall–Kier alpha value is -2.47. The van der Waals surface area contributed by atoms with E-state index in [-0.39, 0.29) is 5.56 Å². The van der Waals surface area contributed by atoms with E-state index < -0.39 is 0 Å². The second kappa shape index (κ2) is 6.34. The Morgan fingerprint density at radius 3 is 2.65 bits per heavy atom. The molecule has 0 saturated heterocycles. The normalized spacial score (nSPS) is 11.3. The lowest BCUT2D eigenvalue weighted by Gasteiger charge is -2.05. The fraction of sp³-hybridized carbons (Fsp3) is 0.118. The van der Waals surface area contributed by atoms with Gasteiger partial charge in [0.1, 0.15) is 11.6 Å². The van der Waals surface area contributed by atoms with Gasteiger partial charge in [-0.15, -0.1) is 0 Å². The van der Waals surface area contributed by atoms with Crippen LogP contribution in [-0.2, 0) is 0 Å². The molecule has 116 valence electrons. The average molecular weight is 372 g/mol. The molecule has 23 heavy (non-hydrogen) atoms. The van der Waals surface area contributed by atoms with Crippen molar-refractivity contribution in [3.8, 4) is 5.75 Å². The van der Waals surface area contributed by atoms with E-state index in [1.807, 2.05) is 36.4 Å². The Bertz CT molecular complexity index is 946. The van der Waals surface area contributed by atoms with Gasteiger partial charge in [0, 0.05) is 4.47 Å². The zero-order valence-electron chi connectivity index (χ0n) is 12.7. The summed E-state index contributed by atoms with van der Waals surface area (Å²) in [6.07, 6.45) is 1.62. The second-order valence-electron chi connectivity index (χ2n) is 4.96. The van der Waals surface area contributed by atoms with Gasteiger partial charge in [-0.1, -0.05) is 15.9 Å². The van der Waals surface area contributed by atoms with Crippen LogP contribution >= 0.6 is 15.9 Å². The SMILES string of the molecule is COc1ccc(/C=N/n2c(C)nc3ccc(Br)cc3c2=O)cc1. The maximum Gasteiger partial charge on any atom is 0.282 e. The molecule has 0 radical (unpaired) electrons. The molecule has 0 aliphatic heterocycles. The van der Waals surface area contributed by atoms with E-state index in [9.17, 15) is 4.79 Å². The zero-order valence-corrected chi connectivity index (χ0v) is 14.2. The minimum Gasteiger partial charge on any atom is -0.497 e. The molecule has 3 aromatic rings. The maximum atomic E-state index is 12.6. The Morgan fingerprint density at radius 1 is 1.22 bits per heavy atom. The number of aromatic nitrogens is 2. The Morgan fingerprint density at radius 2 is 1.96 bits per heavy atom. The topological polar surface area (TPSA) is 56.5 Å². The highest BCUT2D eigenvalue weighted by atomic mass is 79.9. The van der Waals surface area contributed by atoms with Crippen LogP contribution in [0.15, 0.2) is 56.8 Å². The van der Waals surface area contributed by atoms with Gasteiger partial charge in [0.15, 0.2) is 0 Å². The lowest BCUT2D eigenvalue weighted by Crippen LogP contribution is -2.20. The van der Waals surface area contributed by atoms with Crippen molar-refractivity contribution in [1.29, 1.82) is 0 Å². The molecule has 0 bridgehead atoms. The standard InChI is InChI=1S/C17H14BrN3O2/c1-11-20-16-8-5-13(18)9-15(16)17(22)21(11)19-10-12-3-6-14(23-2)7-4-12/h3-10H,1-2H3/b19-10+. The molecule has 0 saturated carbocycles. The van der Waals surface area contributed by atoms with Crippen molar-refractivity contribution < 1.29 is 4.74 Å². The molecular formula is C17H14BrN3O2. The fourth-order valence-electron chi connectivity index (χ4n) is 2.21. The summed E-state index contributed by atoms with van der Waals surface area (Å²) in [5.41, 5.74) is 1.33. The molecule has 0 atom stereocenters. The van der Waals surface area contributed by atoms with Crippen molar-refractivity contribution in [2.75, 3.05) is 7.11 Å². The largest absolute Gasteiger partial charge is 0.497 e. The van der Waals surface area contributed by atoms with Crippen LogP contribution in [0, 0.1) is 6.92 Å². The predicted molar refractivity (Wildman–Crippen MR) is 94.4 cm³/mol. The first-order valence-electron chi connectivity index (χ1n) is 6.96. The van der Waals surface area contributed by atoms with Crippen LogP contribution in [-0.4, -0.2) is 23.0 Å². The van der Waals surface area contributed by atoms with Crippen LogP contribution in [0.25, 0.3) is 10.9 Å². The molecule has 0 amide bonds. The van der Waals surface area contributed by atoms with Crippen molar-refractivity contribution >= 4 is 33.0 Å². The molecule has 2 aromatic carbocycles. The summed E-state index contributed by atoms with van der Waals surface area (Å²) in [5, 5.41) is 4.80. The van der Waals surface area contributed by atoms with Crippen molar-refractivity contribution in [1.82, 2.24) is 9.66 Å². The molecule has 0 fully saturated rings. The number of ether oxygens (including phenoxy) is 1. The summed E-state index contributed by atoms with van der Waals surface area (Å²) in [5.74, 6) is 1.31. The van der Waals surface area contributed by atoms with Gasteiger partial charge in [0.25, 0.3) is 5.56 Å². The van der Waals surface area contributed by atoms with E-state index >= 15 is 0 Å². The number of benzene rings is 2. The molecule has 0 aliphatic rings. The summed E-state index contributed by atoms with van der Waals surface area (Å²) in [4.78, 5) is 17.0. The van der Waals surface area contributed by atoms with Gasteiger partial charge in [-0.2, -0.15) is 9.78 Å². The third kappa shape index (κ3) is 3.17. The van der Waals surface area contributed by atoms with Crippen molar-refractivity contribution in [2.45, 2.75) is 6.92 Å². The molecule has 6 heteroatoms. The smallest absolute Gasteiger partial charge is 0.282 e. The first kappa shape index (κ1) is 15.4. The first-order valence-corrected chi connectivity index (χ1v) is 7.75. The monoisotopic (exact) mass is 371 g/mol. The van der Waals surface area contributed by atoms with E-state index in [0.29, 0.717) is 16.7 Å². The summed E-state index contributed by atoms with van der Waals surface area (Å²) in [6, 6.07) is 12.8. The van der Waals surface area contributed by atoms with Crippen LogP contribution in [0.5, 0.6) is 5.75 Å². The molecule has 1 heterocycles. The van der Waals surface area contributed by atoms with E-state index in [1.54, 1.807) is 26.3 Å². The molecule has 0 N–H and O–H groups in total. The fourth-order valence-corrected chi connectivity index (χ4v) is 2.57. The number of fused-ring (bicyclic) bond motifs is 1. The minimum absolute atomic E-state index is 0.196. The number of hydrogen-bond acceptors (Lipinski definition) is 4. The second-order valence-corrected chi connectivity index (χ2v) is 5.87. The van der Waals surface area contributed by atoms with Gasteiger partial charge in [0.05, 0.1) is 24.2 Å².